The van der Waals surface area contributed by atoms with Crippen molar-refractivity contribution in [2.24, 2.45) is 0 Å². The third-order valence-electron chi connectivity index (χ3n) is 3.45. The molecule has 1 heterocycles. The first-order chi connectivity index (χ1) is 9.90. The summed E-state index contributed by atoms with van der Waals surface area (Å²) in [6, 6.07) is 1.39. The summed E-state index contributed by atoms with van der Waals surface area (Å²) in [6.07, 6.45) is 1.26. The van der Waals surface area contributed by atoms with Gasteiger partial charge in [-0.2, -0.15) is 4.39 Å². The predicted molar refractivity (Wildman–Crippen MR) is 71.0 cm³/mol. The maximum absolute atomic E-state index is 13.9. The van der Waals surface area contributed by atoms with Gasteiger partial charge in [-0.25, -0.2) is 4.39 Å². The van der Waals surface area contributed by atoms with Gasteiger partial charge in [0.15, 0.2) is 0 Å². The molecule has 0 saturated carbocycles. The number of rotatable bonds is 3. The molecular formula is C13H15F2N3O3. The maximum Gasteiger partial charge on any atom is 0.305 e. The van der Waals surface area contributed by atoms with Crippen LogP contribution in [0.15, 0.2) is 12.1 Å². The Morgan fingerprint density at radius 2 is 2.19 bits per heavy atom. The van der Waals surface area contributed by atoms with Crippen LogP contribution in [0.25, 0.3) is 0 Å². The lowest BCUT2D eigenvalue weighted by Gasteiger charge is -2.28. The number of nitro benzene ring substituents is 1. The van der Waals surface area contributed by atoms with Crippen LogP contribution in [-0.4, -0.2) is 29.5 Å². The zero-order valence-corrected chi connectivity index (χ0v) is 11.4. The third-order valence-corrected chi connectivity index (χ3v) is 3.45. The number of carbonyl (C=O) groups excluding carboxylic acids is 1. The van der Waals surface area contributed by atoms with Crippen molar-refractivity contribution in [1.29, 1.82) is 0 Å². The van der Waals surface area contributed by atoms with Crippen LogP contribution in [0.2, 0.25) is 0 Å². The molecule has 1 aromatic carbocycles. The summed E-state index contributed by atoms with van der Waals surface area (Å²) < 4.78 is 27.5. The smallest absolute Gasteiger partial charge is 0.305 e. The van der Waals surface area contributed by atoms with E-state index in [4.69, 9.17) is 0 Å². The Kier molecular flexibility index (Phi) is 4.46. The zero-order valence-electron chi connectivity index (χ0n) is 11.4. The summed E-state index contributed by atoms with van der Waals surface area (Å²) >= 11 is 0. The minimum absolute atomic E-state index is 0.184. The number of benzene rings is 1. The number of nitrogens with zero attached hydrogens (tertiary/aromatic N) is 1. The van der Waals surface area contributed by atoms with Gasteiger partial charge >= 0.3 is 5.69 Å². The van der Waals surface area contributed by atoms with Gasteiger partial charge in [0.1, 0.15) is 11.4 Å². The second-order valence-electron chi connectivity index (χ2n) is 5.06. The average Bonchev–Trinajstić information content (AvgIpc) is 2.38. The SMILES string of the molecule is CC1CC(NC(=O)c2c(F)ccc([N+](=O)[O-])c2F)CCN1. The van der Waals surface area contributed by atoms with Gasteiger partial charge in [-0.05, 0) is 32.4 Å². The highest BCUT2D eigenvalue weighted by Crippen LogP contribution is 2.23. The molecular weight excluding hydrogens is 284 g/mol. The molecule has 0 radical (unpaired) electrons. The molecule has 1 aliphatic heterocycles. The number of hydrogen-bond donors (Lipinski definition) is 2. The number of halogens is 2. The second kappa shape index (κ2) is 6.13. The van der Waals surface area contributed by atoms with Crippen molar-refractivity contribution in [2.45, 2.75) is 31.8 Å². The van der Waals surface area contributed by atoms with Crippen molar-refractivity contribution in [3.8, 4) is 0 Å². The molecule has 6 nitrogen and oxygen atoms in total. The van der Waals surface area contributed by atoms with E-state index in [-0.39, 0.29) is 12.1 Å². The molecule has 0 aromatic heterocycles. The fourth-order valence-electron chi connectivity index (χ4n) is 2.41. The molecule has 2 unspecified atom stereocenters. The first-order valence-electron chi connectivity index (χ1n) is 6.56. The Hall–Kier alpha value is -2.09. The van der Waals surface area contributed by atoms with E-state index in [0.29, 0.717) is 25.5 Å². The molecule has 1 fully saturated rings. The minimum Gasteiger partial charge on any atom is -0.349 e. The van der Waals surface area contributed by atoms with Gasteiger partial charge in [0, 0.05) is 18.2 Å². The normalized spacial score (nSPS) is 21.9. The number of amides is 1. The van der Waals surface area contributed by atoms with Crippen LogP contribution in [-0.2, 0) is 0 Å². The number of hydrogen-bond acceptors (Lipinski definition) is 4. The minimum atomic E-state index is -1.44. The molecule has 2 N–H and O–H groups in total. The summed E-state index contributed by atoms with van der Waals surface area (Å²) in [7, 11) is 0. The van der Waals surface area contributed by atoms with Crippen LogP contribution in [0.3, 0.4) is 0 Å². The fourth-order valence-corrected chi connectivity index (χ4v) is 2.41. The standard InChI is InChI=1S/C13H15F2N3O3/c1-7-6-8(4-5-16-7)17-13(19)11-9(14)2-3-10(12(11)15)18(20)21/h2-3,7-8,16H,4-6H2,1H3,(H,17,19). The van der Waals surface area contributed by atoms with Crippen LogP contribution in [0, 0.1) is 21.7 Å². The predicted octanol–water partition coefficient (Wildman–Crippen LogP) is 1.74. The van der Waals surface area contributed by atoms with Gasteiger partial charge < -0.3 is 10.6 Å². The molecule has 8 heteroatoms. The van der Waals surface area contributed by atoms with Crippen LogP contribution in [0.5, 0.6) is 0 Å². The molecule has 0 spiro atoms. The second-order valence-corrected chi connectivity index (χ2v) is 5.06. The average molecular weight is 299 g/mol. The maximum atomic E-state index is 13.9. The number of carbonyl (C=O) groups is 1. The van der Waals surface area contributed by atoms with Crippen molar-refractivity contribution in [2.75, 3.05) is 6.54 Å². The number of piperidine rings is 1. The van der Waals surface area contributed by atoms with E-state index in [2.05, 4.69) is 10.6 Å². The Morgan fingerprint density at radius 3 is 2.81 bits per heavy atom. The Labute approximate surface area is 119 Å². The summed E-state index contributed by atoms with van der Waals surface area (Å²) in [5.74, 6) is -3.52. The van der Waals surface area contributed by atoms with Crippen molar-refractivity contribution in [3.63, 3.8) is 0 Å². The molecule has 1 aliphatic rings. The summed E-state index contributed by atoms with van der Waals surface area (Å²) in [5.41, 5.74) is -1.82. The quantitative estimate of drug-likeness (QED) is 0.658. The van der Waals surface area contributed by atoms with Crippen LogP contribution >= 0.6 is 0 Å². The van der Waals surface area contributed by atoms with Crippen molar-refractivity contribution in [1.82, 2.24) is 10.6 Å². The Balaban J connectivity index is 2.22. The molecule has 114 valence electrons. The summed E-state index contributed by atoms with van der Waals surface area (Å²) in [4.78, 5) is 21.7. The lowest BCUT2D eigenvalue weighted by atomic mass is 10.00. The van der Waals surface area contributed by atoms with E-state index in [1.807, 2.05) is 6.92 Å². The fraction of sp³-hybridized carbons (Fsp3) is 0.462. The molecule has 2 rings (SSSR count). The number of nitro groups is 1. The highest BCUT2D eigenvalue weighted by Gasteiger charge is 2.28. The molecule has 0 aliphatic carbocycles. The highest BCUT2D eigenvalue weighted by atomic mass is 19.1. The molecule has 0 bridgehead atoms. The monoisotopic (exact) mass is 299 g/mol. The zero-order chi connectivity index (χ0) is 15.6. The largest absolute Gasteiger partial charge is 0.349 e. The van der Waals surface area contributed by atoms with Crippen molar-refractivity contribution < 1.29 is 18.5 Å². The molecule has 21 heavy (non-hydrogen) atoms. The molecule has 1 saturated heterocycles. The van der Waals surface area contributed by atoms with Gasteiger partial charge in [0.2, 0.25) is 5.82 Å². The topological polar surface area (TPSA) is 84.3 Å². The number of nitrogens with one attached hydrogen (secondary N) is 2. The van der Waals surface area contributed by atoms with Gasteiger partial charge in [-0.3, -0.25) is 14.9 Å². The third kappa shape index (κ3) is 3.33. The lowest BCUT2D eigenvalue weighted by molar-refractivity contribution is -0.387. The van der Waals surface area contributed by atoms with Gasteiger partial charge in [0.05, 0.1) is 4.92 Å². The van der Waals surface area contributed by atoms with E-state index in [1.54, 1.807) is 0 Å². The van der Waals surface area contributed by atoms with Crippen molar-refractivity contribution in [3.05, 3.63) is 39.4 Å². The Morgan fingerprint density at radius 1 is 1.48 bits per heavy atom. The molecule has 1 amide bonds. The van der Waals surface area contributed by atoms with Crippen LogP contribution < -0.4 is 10.6 Å². The van der Waals surface area contributed by atoms with E-state index in [9.17, 15) is 23.7 Å². The van der Waals surface area contributed by atoms with E-state index >= 15 is 0 Å². The Bertz CT molecular complexity index is 580. The molecule has 2 atom stereocenters. The molecule has 1 aromatic rings. The highest BCUT2D eigenvalue weighted by molar-refractivity contribution is 5.95. The van der Waals surface area contributed by atoms with Crippen LogP contribution in [0.4, 0.5) is 14.5 Å². The van der Waals surface area contributed by atoms with Crippen LogP contribution in [0.1, 0.15) is 30.1 Å². The van der Waals surface area contributed by atoms with Gasteiger partial charge in [-0.15, -0.1) is 0 Å². The van der Waals surface area contributed by atoms with Gasteiger partial charge in [-0.1, -0.05) is 0 Å². The van der Waals surface area contributed by atoms with E-state index in [1.165, 1.54) is 0 Å². The van der Waals surface area contributed by atoms with E-state index in [0.717, 1.165) is 6.07 Å². The summed E-state index contributed by atoms with van der Waals surface area (Å²) in [6.45, 7) is 2.62. The summed E-state index contributed by atoms with van der Waals surface area (Å²) in [5, 5.41) is 16.4. The first kappa shape index (κ1) is 15.3. The lowest BCUT2D eigenvalue weighted by Crippen LogP contribution is -2.46. The van der Waals surface area contributed by atoms with Crippen molar-refractivity contribution >= 4 is 11.6 Å². The van der Waals surface area contributed by atoms with Gasteiger partial charge in [0.25, 0.3) is 5.91 Å². The first-order valence-corrected chi connectivity index (χ1v) is 6.56. The van der Waals surface area contributed by atoms with E-state index < -0.39 is 33.7 Å².